The van der Waals surface area contributed by atoms with Gasteiger partial charge in [-0.1, -0.05) is 80.1 Å². The van der Waals surface area contributed by atoms with Crippen molar-refractivity contribution in [3.05, 3.63) is 66.7 Å². The number of carbonyl (C=O) groups excluding carboxylic acids is 2. The maximum absolute atomic E-state index is 13.1. The Labute approximate surface area is 207 Å². The molecule has 2 unspecified atom stereocenters. The molecule has 0 saturated carbocycles. The van der Waals surface area contributed by atoms with E-state index in [0.29, 0.717) is 28.0 Å². The Bertz CT molecular complexity index is 1330. The summed E-state index contributed by atoms with van der Waals surface area (Å²) in [7, 11) is 1.60. The van der Waals surface area contributed by atoms with E-state index in [9.17, 15) is 9.59 Å². The minimum Gasteiger partial charge on any atom is -0.497 e. The summed E-state index contributed by atoms with van der Waals surface area (Å²) in [5, 5.41) is 19.8. The largest absolute Gasteiger partial charge is 0.497 e. The lowest BCUT2D eigenvalue weighted by Gasteiger charge is -2.23. The third kappa shape index (κ3) is 5.75. The molecule has 0 aliphatic rings. The highest BCUT2D eigenvalue weighted by Gasteiger charge is 2.27. The fourth-order valence-corrected chi connectivity index (χ4v) is 4.41. The molecule has 35 heavy (non-hydrogen) atoms. The zero-order valence-corrected chi connectivity index (χ0v) is 20.6. The van der Waals surface area contributed by atoms with Gasteiger partial charge in [0.05, 0.1) is 12.8 Å². The Morgan fingerprint density at radius 2 is 1.77 bits per heavy atom. The maximum atomic E-state index is 13.1. The number of amides is 3. The molecule has 2 atom stereocenters. The third-order valence-corrected chi connectivity index (χ3v) is 6.68. The maximum Gasteiger partial charge on any atom is 0.319 e. The molecule has 0 fully saturated rings. The second-order valence-electron chi connectivity index (χ2n) is 8.12. The first-order chi connectivity index (χ1) is 17.0. The lowest BCUT2D eigenvalue weighted by Crippen LogP contribution is -2.49. The number of methoxy groups -OCH3 is 1. The van der Waals surface area contributed by atoms with Crippen LogP contribution in [0.5, 0.6) is 5.75 Å². The van der Waals surface area contributed by atoms with E-state index >= 15 is 0 Å². The van der Waals surface area contributed by atoms with Gasteiger partial charge in [-0.15, -0.1) is 10.2 Å². The molecule has 0 saturated heterocycles. The van der Waals surface area contributed by atoms with Crippen molar-refractivity contribution in [2.24, 2.45) is 5.92 Å². The quantitative estimate of drug-likeness (QED) is 0.301. The molecule has 0 aliphatic heterocycles. The minimum absolute atomic E-state index is 0.0981. The summed E-state index contributed by atoms with van der Waals surface area (Å²) in [5.41, 5.74) is 1.52. The summed E-state index contributed by atoms with van der Waals surface area (Å²) in [4.78, 5) is 26.0. The molecule has 3 amide bonds. The standard InChI is InChI=1S/C26H27N5O3S/c1-4-16(2)22(28-25(33)27-21-14-8-10-17-9-5-6-13-20(17)21)23(32)29-26-31-30-24(35-26)18-11-7-12-19(15-18)34-3/h5-16,22H,4H2,1-3H3,(H2,27,28,33)(H,29,31,32). The highest BCUT2D eigenvalue weighted by molar-refractivity contribution is 7.18. The van der Waals surface area contributed by atoms with Crippen LogP contribution in [0.1, 0.15) is 20.3 Å². The topological polar surface area (TPSA) is 105 Å². The molecule has 1 heterocycles. The van der Waals surface area contributed by atoms with Gasteiger partial charge in [-0.3, -0.25) is 10.1 Å². The van der Waals surface area contributed by atoms with Gasteiger partial charge in [0.2, 0.25) is 11.0 Å². The fourth-order valence-electron chi connectivity index (χ4n) is 3.67. The van der Waals surface area contributed by atoms with Gasteiger partial charge in [0.15, 0.2) is 0 Å². The molecule has 9 heteroatoms. The summed E-state index contributed by atoms with van der Waals surface area (Å²) in [5.74, 6) is 0.265. The Morgan fingerprint density at radius 1 is 1.00 bits per heavy atom. The van der Waals surface area contributed by atoms with E-state index in [1.807, 2.05) is 80.6 Å². The minimum atomic E-state index is -0.751. The van der Waals surface area contributed by atoms with Crippen molar-refractivity contribution in [3.63, 3.8) is 0 Å². The number of benzene rings is 3. The number of urea groups is 1. The molecule has 4 rings (SSSR count). The van der Waals surface area contributed by atoms with Gasteiger partial charge in [-0.2, -0.15) is 0 Å². The number of fused-ring (bicyclic) bond motifs is 1. The zero-order valence-electron chi connectivity index (χ0n) is 19.7. The molecule has 0 bridgehead atoms. The Hall–Kier alpha value is -3.98. The Balaban J connectivity index is 1.46. The summed E-state index contributed by atoms with van der Waals surface area (Å²) in [6, 6.07) is 19.8. The normalized spacial score (nSPS) is 12.5. The van der Waals surface area contributed by atoms with Crippen molar-refractivity contribution >= 4 is 44.9 Å². The average Bonchev–Trinajstić information content (AvgIpc) is 3.35. The van der Waals surface area contributed by atoms with Gasteiger partial charge in [0.25, 0.3) is 0 Å². The van der Waals surface area contributed by atoms with Crippen LogP contribution in [-0.4, -0.2) is 35.3 Å². The Morgan fingerprint density at radius 3 is 2.57 bits per heavy atom. The molecule has 0 spiro atoms. The van der Waals surface area contributed by atoms with Crippen molar-refractivity contribution in [3.8, 4) is 16.3 Å². The fraction of sp³-hybridized carbons (Fsp3) is 0.231. The lowest BCUT2D eigenvalue weighted by atomic mass is 9.98. The highest BCUT2D eigenvalue weighted by Crippen LogP contribution is 2.29. The first-order valence-corrected chi connectivity index (χ1v) is 12.1. The van der Waals surface area contributed by atoms with Crippen molar-refractivity contribution < 1.29 is 14.3 Å². The molecule has 1 aromatic heterocycles. The van der Waals surface area contributed by atoms with Crippen LogP contribution in [0.25, 0.3) is 21.3 Å². The second-order valence-corrected chi connectivity index (χ2v) is 9.10. The molecule has 4 aromatic rings. The number of rotatable bonds is 8. The van der Waals surface area contributed by atoms with Crippen LogP contribution in [0, 0.1) is 5.92 Å². The number of anilines is 2. The van der Waals surface area contributed by atoms with Crippen LogP contribution in [-0.2, 0) is 4.79 Å². The van der Waals surface area contributed by atoms with Gasteiger partial charge in [-0.25, -0.2) is 4.79 Å². The highest BCUT2D eigenvalue weighted by atomic mass is 32.1. The van der Waals surface area contributed by atoms with E-state index in [0.717, 1.165) is 16.3 Å². The van der Waals surface area contributed by atoms with E-state index < -0.39 is 12.1 Å². The molecule has 180 valence electrons. The first kappa shape index (κ1) is 24.2. The number of nitrogens with one attached hydrogen (secondary N) is 3. The van der Waals surface area contributed by atoms with Crippen molar-refractivity contribution in [1.29, 1.82) is 0 Å². The summed E-state index contributed by atoms with van der Waals surface area (Å²) >= 11 is 1.26. The number of hydrogen-bond donors (Lipinski definition) is 3. The zero-order chi connectivity index (χ0) is 24.8. The Kier molecular flexibility index (Phi) is 7.57. The van der Waals surface area contributed by atoms with Crippen LogP contribution in [0.4, 0.5) is 15.6 Å². The van der Waals surface area contributed by atoms with Crippen LogP contribution < -0.4 is 20.7 Å². The molecule has 0 radical (unpaired) electrons. The van der Waals surface area contributed by atoms with Crippen molar-refractivity contribution in [1.82, 2.24) is 15.5 Å². The number of nitrogens with zero attached hydrogens (tertiary/aromatic N) is 2. The van der Waals surface area contributed by atoms with Gasteiger partial charge in [0.1, 0.15) is 16.8 Å². The van der Waals surface area contributed by atoms with Crippen LogP contribution >= 0.6 is 11.3 Å². The summed E-state index contributed by atoms with van der Waals surface area (Å²) in [6.07, 6.45) is 0.706. The predicted molar refractivity (Wildman–Crippen MR) is 140 cm³/mol. The van der Waals surface area contributed by atoms with Gasteiger partial charge >= 0.3 is 6.03 Å². The lowest BCUT2D eigenvalue weighted by molar-refractivity contribution is -0.119. The summed E-state index contributed by atoms with van der Waals surface area (Å²) < 4.78 is 5.26. The van der Waals surface area contributed by atoms with E-state index in [4.69, 9.17) is 4.74 Å². The third-order valence-electron chi connectivity index (χ3n) is 5.79. The van der Waals surface area contributed by atoms with E-state index in [1.54, 1.807) is 7.11 Å². The van der Waals surface area contributed by atoms with Gasteiger partial charge < -0.3 is 15.4 Å². The van der Waals surface area contributed by atoms with Gasteiger partial charge in [-0.05, 0) is 29.5 Å². The molecular weight excluding hydrogens is 462 g/mol. The number of ether oxygens (including phenoxy) is 1. The molecular formula is C26H27N5O3S. The molecule has 0 aliphatic carbocycles. The van der Waals surface area contributed by atoms with E-state index in [2.05, 4.69) is 26.1 Å². The van der Waals surface area contributed by atoms with Crippen LogP contribution in [0.2, 0.25) is 0 Å². The number of carbonyl (C=O) groups is 2. The molecule has 3 N–H and O–H groups in total. The SMILES string of the molecule is CCC(C)C(NC(=O)Nc1cccc2ccccc12)C(=O)Nc1nnc(-c2cccc(OC)c2)s1. The predicted octanol–water partition coefficient (Wildman–Crippen LogP) is 5.54. The monoisotopic (exact) mass is 489 g/mol. The van der Waals surface area contributed by atoms with E-state index in [-0.39, 0.29) is 11.8 Å². The van der Waals surface area contributed by atoms with Crippen molar-refractivity contribution in [2.75, 3.05) is 17.7 Å². The number of aromatic nitrogens is 2. The van der Waals surface area contributed by atoms with Crippen molar-refractivity contribution in [2.45, 2.75) is 26.3 Å². The smallest absolute Gasteiger partial charge is 0.319 e. The van der Waals surface area contributed by atoms with Gasteiger partial charge in [0, 0.05) is 10.9 Å². The average molecular weight is 490 g/mol. The van der Waals surface area contributed by atoms with Crippen LogP contribution in [0.15, 0.2) is 66.7 Å². The molecule has 8 nitrogen and oxygen atoms in total. The second kappa shape index (κ2) is 11.0. The number of hydrogen-bond acceptors (Lipinski definition) is 6. The van der Waals surface area contributed by atoms with Crippen LogP contribution in [0.3, 0.4) is 0 Å². The molecule has 3 aromatic carbocycles. The summed E-state index contributed by atoms with van der Waals surface area (Å²) in [6.45, 7) is 3.89. The first-order valence-electron chi connectivity index (χ1n) is 11.3. The van der Waals surface area contributed by atoms with E-state index in [1.165, 1.54) is 11.3 Å².